The molecule has 0 fully saturated rings. The summed E-state index contributed by atoms with van der Waals surface area (Å²) >= 11 is 13.1. The fourth-order valence-corrected chi connectivity index (χ4v) is 3.76. The number of hydrogen-bond donors (Lipinski definition) is 1. The summed E-state index contributed by atoms with van der Waals surface area (Å²) in [5, 5.41) is 31.5. The van der Waals surface area contributed by atoms with Crippen molar-refractivity contribution in [2.75, 3.05) is 0 Å². The van der Waals surface area contributed by atoms with Crippen LogP contribution in [0.25, 0.3) is 22.6 Å². The number of nitrogens with zero attached hydrogens (tertiary/aromatic N) is 3. The van der Waals surface area contributed by atoms with Crippen LogP contribution >= 0.6 is 34.5 Å². The normalized spacial score (nSPS) is 12.6. The molecule has 1 unspecified atom stereocenters. The smallest absolute Gasteiger partial charge is 0.143 e. The van der Waals surface area contributed by atoms with Crippen molar-refractivity contribution >= 4 is 45.9 Å². The molecule has 0 saturated heterocycles. The van der Waals surface area contributed by atoms with Crippen LogP contribution in [0.15, 0.2) is 53.9 Å². The van der Waals surface area contributed by atoms with E-state index >= 15 is 0 Å². The number of rotatable bonds is 5. The maximum absolute atomic E-state index is 10.8. The molecule has 0 radical (unpaired) electrons. The van der Waals surface area contributed by atoms with E-state index in [9.17, 15) is 10.4 Å². The van der Waals surface area contributed by atoms with Crippen LogP contribution in [0.1, 0.15) is 16.1 Å². The topological polar surface area (TPSA) is 80.7 Å². The van der Waals surface area contributed by atoms with Gasteiger partial charge in [0.1, 0.15) is 27.8 Å². The largest absolute Gasteiger partial charge is 0.506 e. The summed E-state index contributed by atoms with van der Waals surface area (Å²) in [4.78, 5) is 4.49. The van der Waals surface area contributed by atoms with Crippen LogP contribution in [0.4, 0.5) is 0 Å². The molecule has 4 nitrogen and oxygen atoms in total. The SMILES string of the molecule is N#CC(=C(O)c1ccccc1CC(Cl)C#N)c1nc(-c2ccc(Cl)cc2)cs1. The van der Waals surface area contributed by atoms with Crippen LogP contribution < -0.4 is 0 Å². The van der Waals surface area contributed by atoms with Crippen LogP contribution in [0.2, 0.25) is 5.02 Å². The van der Waals surface area contributed by atoms with Crippen molar-refractivity contribution in [1.29, 1.82) is 10.5 Å². The molecule has 0 amide bonds. The highest BCUT2D eigenvalue weighted by Gasteiger charge is 2.18. The van der Waals surface area contributed by atoms with E-state index < -0.39 is 5.38 Å². The number of allylic oxidation sites excluding steroid dienone is 1. The summed E-state index contributed by atoms with van der Waals surface area (Å²) in [5.41, 5.74) is 2.77. The first kappa shape index (κ1) is 19.9. The Morgan fingerprint density at radius 2 is 1.86 bits per heavy atom. The van der Waals surface area contributed by atoms with Gasteiger partial charge in [-0.05, 0) is 17.7 Å². The number of benzene rings is 2. The Morgan fingerprint density at radius 1 is 1.14 bits per heavy atom. The third kappa shape index (κ3) is 4.35. The van der Waals surface area contributed by atoms with Crippen LogP contribution in [0, 0.1) is 22.7 Å². The van der Waals surface area contributed by atoms with Crippen molar-refractivity contribution in [3.05, 3.63) is 75.1 Å². The van der Waals surface area contributed by atoms with Crippen LogP contribution in [-0.2, 0) is 6.42 Å². The minimum absolute atomic E-state index is 0.0701. The highest BCUT2D eigenvalue weighted by Crippen LogP contribution is 2.31. The fraction of sp³-hybridized carbons (Fsp3) is 0.0952. The summed E-state index contributed by atoms with van der Waals surface area (Å²) in [6.45, 7) is 0. The Kier molecular flexibility index (Phi) is 6.34. The van der Waals surface area contributed by atoms with Gasteiger partial charge in [0.25, 0.3) is 0 Å². The quantitative estimate of drug-likeness (QED) is 0.304. The molecule has 1 N–H and O–H groups in total. The van der Waals surface area contributed by atoms with Crippen molar-refractivity contribution in [2.24, 2.45) is 0 Å². The summed E-state index contributed by atoms with van der Waals surface area (Å²) in [6, 6.07) is 18.2. The van der Waals surface area contributed by atoms with Gasteiger partial charge in [-0.25, -0.2) is 4.98 Å². The molecule has 3 rings (SSSR count). The van der Waals surface area contributed by atoms with Gasteiger partial charge in [0, 0.05) is 28.0 Å². The van der Waals surface area contributed by atoms with E-state index in [0.717, 1.165) is 5.56 Å². The number of alkyl halides is 1. The maximum atomic E-state index is 10.8. The predicted molar refractivity (Wildman–Crippen MR) is 113 cm³/mol. The molecule has 7 heteroatoms. The highest BCUT2D eigenvalue weighted by atomic mass is 35.5. The summed E-state index contributed by atoms with van der Waals surface area (Å²) < 4.78 is 0. The second kappa shape index (κ2) is 8.91. The summed E-state index contributed by atoms with van der Waals surface area (Å²) in [5.74, 6) is -0.183. The fourth-order valence-electron chi connectivity index (χ4n) is 2.65. The molecule has 2 aromatic carbocycles. The lowest BCUT2D eigenvalue weighted by Crippen LogP contribution is -2.03. The van der Waals surface area contributed by atoms with Crippen molar-refractivity contribution in [2.45, 2.75) is 11.8 Å². The van der Waals surface area contributed by atoms with E-state index in [0.29, 0.717) is 26.9 Å². The molecule has 0 aliphatic heterocycles. The molecule has 138 valence electrons. The van der Waals surface area contributed by atoms with E-state index in [2.05, 4.69) is 4.98 Å². The summed E-state index contributed by atoms with van der Waals surface area (Å²) in [6.07, 6.45) is 0.255. The molecule has 0 bridgehead atoms. The molecule has 1 heterocycles. The van der Waals surface area contributed by atoms with Gasteiger partial charge in [-0.15, -0.1) is 22.9 Å². The number of halogens is 2. The lowest BCUT2D eigenvalue weighted by molar-refractivity contribution is 0.513. The average molecular weight is 426 g/mol. The monoisotopic (exact) mass is 425 g/mol. The Labute approximate surface area is 176 Å². The molecular formula is C21H13Cl2N3OS. The van der Waals surface area contributed by atoms with Gasteiger partial charge in [-0.1, -0.05) is 48.0 Å². The molecule has 1 aromatic heterocycles. The first-order chi connectivity index (χ1) is 13.5. The van der Waals surface area contributed by atoms with Gasteiger partial charge >= 0.3 is 0 Å². The first-order valence-electron chi connectivity index (χ1n) is 8.20. The van der Waals surface area contributed by atoms with Crippen LogP contribution in [0.5, 0.6) is 0 Å². The standard InChI is InChI=1S/C21H13Cl2N3OS/c22-15-7-5-13(6-8-15)19-12-28-21(26-19)18(11-25)20(27)17-4-2-1-3-14(17)9-16(23)10-24/h1-8,12,16,27H,9H2. The number of aromatic nitrogens is 1. The third-order valence-corrected chi connectivity index (χ3v) is 5.38. The average Bonchev–Trinajstić information content (AvgIpc) is 3.19. The van der Waals surface area contributed by atoms with E-state index in [1.54, 1.807) is 36.4 Å². The van der Waals surface area contributed by atoms with Crippen molar-refractivity contribution < 1.29 is 5.11 Å². The molecular weight excluding hydrogens is 413 g/mol. The molecule has 0 aliphatic carbocycles. The number of hydrogen-bond acceptors (Lipinski definition) is 5. The number of aliphatic hydroxyl groups excluding tert-OH is 1. The lowest BCUT2D eigenvalue weighted by Gasteiger charge is -2.10. The van der Waals surface area contributed by atoms with Gasteiger partial charge in [-0.3, -0.25) is 0 Å². The minimum Gasteiger partial charge on any atom is -0.506 e. The van der Waals surface area contributed by atoms with Gasteiger partial charge in [0.05, 0.1) is 11.8 Å². The Hall–Kier alpha value is -2.83. The molecule has 0 spiro atoms. The predicted octanol–water partition coefficient (Wildman–Crippen LogP) is 6.09. The number of thiazole rings is 1. The minimum atomic E-state index is -0.726. The number of nitriles is 2. The Balaban J connectivity index is 2.02. The van der Waals surface area contributed by atoms with Gasteiger partial charge in [-0.2, -0.15) is 10.5 Å². The molecule has 0 saturated carbocycles. The Morgan fingerprint density at radius 3 is 2.54 bits per heavy atom. The molecule has 0 aliphatic rings. The zero-order valence-corrected chi connectivity index (χ0v) is 16.8. The zero-order chi connectivity index (χ0) is 20.1. The van der Waals surface area contributed by atoms with E-state index in [-0.39, 0.29) is 17.8 Å². The van der Waals surface area contributed by atoms with Crippen LogP contribution in [-0.4, -0.2) is 15.5 Å². The second-order valence-corrected chi connectivity index (χ2v) is 7.66. The maximum Gasteiger partial charge on any atom is 0.143 e. The molecule has 1 atom stereocenters. The van der Waals surface area contributed by atoms with Crippen LogP contribution in [0.3, 0.4) is 0 Å². The Bertz CT molecular complexity index is 1110. The lowest BCUT2D eigenvalue weighted by atomic mass is 9.99. The zero-order valence-electron chi connectivity index (χ0n) is 14.4. The van der Waals surface area contributed by atoms with E-state index in [4.69, 9.17) is 28.5 Å². The highest BCUT2D eigenvalue weighted by molar-refractivity contribution is 7.11. The van der Waals surface area contributed by atoms with E-state index in [1.165, 1.54) is 11.3 Å². The van der Waals surface area contributed by atoms with E-state index in [1.807, 2.05) is 29.7 Å². The van der Waals surface area contributed by atoms with Gasteiger partial charge in [0.2, 0.25) is 0 Å². The van der Waals surface area contributed by atoms with Gasteiger partial charge < -0.3 is 5.11 Å². The van der Waals surface area contributed by atoms with Crippen molar-refractivity contribution in [3.63, 3.8) is 0 Å². The third-order valence-electron chi connectivity index (χ3n) is 4.02. The molecule has 28 heavy (non-hydrogen) atoms. The van der Waals surface area contributed by atoms with Crippen molar-refractivity contribution in [1.82, 2.24) is 4.98 Å². The van der Waals surface area contributed by atoms with Gasteiger partial charge in [0.15, 0.2) is 0 Å². The number of aliphatic hydroxyl groups is 1. The first-order valence-corrected chi connectivity index (χ1v) is 9.90. The molecule has 3 aromatic rings. The second-order valence-electron chi connectivity index (χ2n) is 5.84. The van der Waals surface area contributed by atoms with Crippen molar-refractivity contribution in [3.8, 4) is 23.4 Å². The summed E-state index contributed by atoms with van der Waals surface area (Å²) in [7, 11) is 0.